The molecule has 9 nitrogen and oxygen atoms in total. The van der Waals surface area contributed by atoms with Crippen LogP contribution in [0.3, 0.4) is 0 Å². The van der Waals surface area contributed by atoms with Gasteiger partial charge in [0.05, 0.1) is 30.1 Å². The molecule has 0 aromatic heterocycles. The molecule has 1 fully saturated rings. The maximum Gasteiger partial charge on any atom is 0.243 e. The van der Waals surface area contributed by atoms with Crippen molar-refractivity contribution in [3.63, 3.8) is 0 Å². The van der Waals surface area contributed by atoms with Gasteiger partial charge in [-0.3, -0.25) is 9.10 Å². The third-order valence-electron chi connectivity index (χ3n) is 4.96. The Balaban J connectivity index is 1.55. The van der Waals surface area contributed by atoms with Gasteiger partial charge in [0.15, 0.2) is 0 Å². The highest BCUT2D eigenvalue weighted by molar-refractivity contribution is 7.92. The second-order valence-corrected chi connectivity index (χ2v) is 11.2. The molecule has 0 atom stereocenters. The molecule has 1 heterocycles. The molecule has 1 aliphatic rings. The summed E-state index contributed by atoms with van der Waals surface area (Å²) in [4.78, 5) is 12.4. The van der Waals surface area contributed by atoms with Gasteiger partial charge in [-0.2, -0.15) is 4.31 Å². The van der Waals surface area contributed by atoms with Crippen LogP contribution in [0.4, 0.5) is 11.4 Å². The van der Waals surface area contributed by atoms with Gasteiger partial charge in [0.2, 0.25) is 26.0 Å². The molecule has 1 amide bonds. The normalized spacial score (nSPS) is 15.3. The summed E-state index contributed by atoms with van der Waals surface area (Å²) in [5.41, 5.74) is 1.02. The lowest BCUT2D eigenvalue weighted by atomic mass is 10.2. The third kappa shape index (κ3) is 6.28. The summed E-state index contributed by atoms with van der Waals surface area (Å²) in [6.45, 7) is 1.54. The molecule has 0 radical (unpaired) electrons. The number of rotatable bonds is 9. The van der Waals surface area contributed by atoms with E-state index in [0.717, 1.165) is 6.26 Å². The Morgan fingerprint density at radius 2 is 1.62 bits per heavy atom. The minimum atomic E-state index is -3.59. The van der Waals surface area contributed by atoms with Crippen LogP contribution in [0.15, 0.2) is 59.5 Å². The fourth-order valence-electron chi connectivity index (χ4n) is 3.33. The zero-order valence-electron chi connectivity index (χ0n) is 17.8. The topological polar surface area (TPSA) is 113 Å². The lowest BCUT2D eigenvalue weighted by Crippen LogP contribution is -2.40. The van der Waals surface area contributed by atoms with E-state index >= 15 is 0 Å². The smallest absolute Gasteiger partial charge is 0.243 e. The number of ether oxygens (including phenoxy) is 1. The molecule has 0 unspecified atom stereocenters. The molecule has 0 saturated carbocycles. The molecule has 1 aliphatic heterocycles. The van der Waals surface area contributed by atoms with E-state index in [-0.39, 0.29) is 23.8 Å². The number of carbonyl (C=O) groups excluding carboxylic acids is 1. The van der Waals surface area contributed by atoms with Crippen molar-refractivity contribution in [1.82, 2.24) is 4.31 Å². The van der Waals surface area contributed by atoms with Gasteiger partial charge in [-0.25, -0.2) is 16.8 Å². The lowest BCUT2D eigenvalue weighted by molar-refractivity contribution is -0.116. The second kappa shape index (κ2) is 10.4. The Morgan fingerprint density at radius 1 is 1.00 bits per heavy atom. The number of hydrogen-bond acceptors (Lipinski definition) is 6. The third-order valence-corrected chi connectivity index (χ3v) is 8.06. The first-order valence-corrected chi connectivity index (χ1v) is 13.5. The molecule has 2 aromatic rings. The molecule has 32 heavy (non-hydrogen) atoms. The maximum atomic E-state index is 12.7. The minimum absolute atomic E-state index is 0.118. The average molecular weight is 482 g/mol. The Kier molecular flexibility index (Phi) is 7.88. The minimum Gasteiger partial charge on any atom is -0.379 e. The van der Waals surface area contributed by atoms with E-state index in [1.807, 2.05) is 0 Å². The van der Waals surface area contributed by atoms with E-state index in [4.69, 9.17) is 4.74 Å². The van der Waals surface area contributed by atoms with Crippen molar-refractivity contribution < 1.29 is 26.4 Å². The average Bonchev–Trinajstić information content (AvgIpc) is 2.77. The van der Waals surface area contributed by atoms with Gasteiger partial charge in [0.25, 0.3) is 0 Å². The predicted molar refractivity (Wildman–Crippen MR) is 123 cm³/mol. The van der Waals surface area contributed by atoms with Crippen molar-refractivity contribution in [2.75, 3.05) is 48.7 Å². The van der Waals surface area contributed by atoms with Gasteiger partial charge in [0, 0.05) is 31.7 Å². The summed E-state index contributed by atoms with van der Waals surface area (Å²) in [5.74, 6) is -0.282. The molecule has 11 heteroatoms. The van der Waals surface area contributed by atoms with Gasteiger partial charge >= 0.3 is 0 Å². The summed E-state index contributed by atoms with van der Waals surface area (Å²) in [6, 6.07) is 14.7. The van der Waals surface area contributed by atoms with Crippen LogP contribution in [-0.4, -0.2) is 66.2 Å². The van der Waals surface area contributed by atoms with Gasteiger partial charge in [0.1, 0.15) is 0 Å². The fourth-order valence-corrected chi connectivity index (χ4v) is 5.71. The zero-order valence-corrected chi connectivity index (χ0v) is 19.4. The molecule has 1 N–H and O–H groups in total. The number of nitrogens with zero attached hydrogens (tertiary/aromatic N) is 2. The van der Waals surface area contributed by atoms with Gasteiger partial charge in [-0.1, -0.05) is 18.2 Å². The zero-order chi connectivity index (χ0) is 23.2. The lowest BCUT2D eigenvalue weighted by Gasteiger charge is -2.26. The molecule has 0 aliphatic carbocycles. The molecule has 3 rings (SSSR count). The molecule has 0 spiro atoms. The fraction of sp³-hybridized carbons (Fsp3) is 0.381. The number of sulfonamides is 2. The van der Waals surface area contributed by atoms with Crippen molar-refractivity contribution >= 4 is 37.3 Å². The van der Waals surface area contributed by atoms with Crippen LogP contribution >= 0.6 is 0 Å². The van der Waals surface area contributed by atoms with Crippen LogP contribution in [0.1, 0.15) is 12.8 Å². The highest BCUT2D eigenvalue weighted by Gasteiger charge is 2.26. The highest BCUT2D eigenvalue weighted by Crippen LogP contribution is 2.20. The number of carbonyl (C=O) groups is 1. The van der Waals surface area contributed by atoms with Gasteiger partial charge in [-0.15, -0.1) is 0 Å². The predicted octanol–water partition coefficient (Wildman–Crippen LogP) is 1.89. The Morgan fingerprint density at radius 3 is 2.22 bits per heavy atom. The van der Waals surface area contributed by atoms with Crippen molar-refractivity contribution in [2.45, 2.75) is 17.7 Å². The van der Waals surface area contributed by atoms with Crippen molar-refractivity contribution in [3.05, 3.63) is 54.6 Å². The molecule has 0 bridgehead atoms. The number of para-hydroxylation sites is 1. The monoisotopic (exact) mass is 481 g/mol. The Hall–Kier alpha value is -2.47. The number of benzene rings is 2. The van der Waals surface area contributed by atoms with Gasteiger partial charge < -0.3 is 10.1 Å². The molecule has 174 valence electrons. The van der Waals surface area contributed by atoms with Crippen molar-refractivity contribution in [1.29, 1.82) is 0 Å². The van der Waals surface area contributed by atoms with Gasteiger partial charge in [-0.05, 0) is 42.8 Å². The van der Waals surface area contributed by atoms with Crippen LogP contribution in [0, 0.1) is 0 Å². The number of nitrogens with one attached hydrogen (secondary N) is 1. The molecule has 2 aromatic carbocycles. The van der Waals surface area contributed by atoms with Crippen LogP contribution in [0.5, 0.6) is 0 Å². The van der Waals surface area contributed by atoms with E-state index < -0.39 is 20.0 Å². The highest BCUT2D eigenvalue weighted by atomic mass is 32.2. The summed E-state index contributed by atoms with van der Waals surface area (Å²) in [5, 5.41) is 2.72. The molecular formula is C21H27N3O6S2. The van der Waals surface area contributed by atoms with E-state index in [2.05, 4.69) is 5.32 Å². The summed E-state index contributed by atoms with van der Waals surface area (Å²) >= 11 is 0. The van der Waals surface area contributed by atoms with Crippen LogP contribution in [0.2, 0.25) is 0 Å². The number of amides is 1. The quantitative estimate of drug-likeness (QED) is 0.585. The number of anilines is 2. The van der Waals surface area contributed by atoms with Crippen LogP contribution in [-0.2, 0) is 29.6 Å². The first-order chi connectivity index (χ1) is 15.2. The molecule has 1 saturated heterocycles. The first-order valence-electron chi connectivity index (χ1n) is 10.2. The van der Waals surface area contributed by atoms with Crippen LogP contribution in [0.25, 0.3) is 0 Å². The van der Waals surface area contributed by atoms with E-state index in [1.165, 1.54) is 32.9 Å². The SMILES string of the molecule is CS(=O)(=O)N(CCCC(=O)Nc1ccc(S(=O)(=O)N2CCOCC2)cc1)c1ccccc1. The molecular weight excluding hydrogens is 454 g/mol. The van der Waals surface area contributed by atoms with E-state index in [0.29, 0.717) is 44.1 Å². The van der Waals surface area contributed by atoms with E-state index in [9.17, 15) is 21.6 Å². The first kappa shape index (κ1) is 24.2. The maximum absolute atomic E-state index is 12.7. The number of morpholine rings is 1. The van der Waals surface area contributed by atoms with Crippen LogP contribution < -0.4 is 9.62 Å². The van der Waals surface area contributed by atoms with E-state index in [1.54, 1.807) is 30.3 Å². The summed E-state index contributed by atoms with van der Waals surface area (Å²) in [6.07, 6.45) is 1.58. The standard InChI is InChI=1S/C21H27N3O6S2/c1-31(26,27)24(19-6-3-2-4-7-19)13-5-8-21(25)22-18-9-11-20(12-10-18)32(28,29)23-14-16-30-17-15-23/h2-4,6-7,9-12H,5,8,13-17H2,1H3,(H,22,25). The Labute approximate surface area is 189 Å². The van der Waals surface area contributed by atoms with Crippen molar-refractivity contribution in [2.24, 2.45) is 0 Å². The summed E-state index contributed by atoms with van der Waals surface area (Å²) < 4.78 is 57.3. The largest absolute Gasteiger partial charge is 0.379 e. The Bertz CT molecular complexity index is 1110. The van der Waals surface area contributed by atoms with Crippen molar-refractivity contribution in [3.8, 4) is 0 Å². The second-order valence-electron chi connectivity index (χ2n) is 7.36. The summed E-state index contributed by atoms with van der Waals surface area (Å²) in [7, 11) is -7.06. The number of hydrogen-bond donors (Lipinski definition) is 1.